The van der Waals surface area contributed by atoms with Gasteiger partial charge in [-0.1, -0.05) is 70.8 Å². The number of hydrogen-bond acceptors (Lipinski definition) is 3. The van der Waals surface area contributed by atoms with Crippen LogP contribution in [0.2, 0.25) is 0 Å². The molecule has 0 saturated carbocycles. The van der Waals surface area contributed by atoms with Crippen molar-refractivity contribution in [3.8, 4) is 0 Å². The molecule has 38 heavy (non-hydrogen) atoms. The standard InChI is InChI=1S/C20H20N2.2C7H9N/c1-15-3-9-18(10-4-15)22(19-11-5-16(2)6-12-19)20-13-7-17(21)8-14-20;2*1-6-2-4-7(8)5-3-6/h3-14H,21H2,1-2H3;2*2-5H,8H2,1H3/p+1. The highest BCUT2D eigenvalue weighted by Gasteiger charge is 2.18. The lowest BCUT2D eigenvalue weighted by Crippen LogP contribution is -2.96. The van der Waals surface area contributed by atoms with Crippen LogP contribution >= 0.6 is 0 Å². The van der Waals surface area contributed by atoms with Gasteiger partial charge in [0.05, 0.1) is 0 Å². The topological polar surface area (TPSA) is 82.5 Å². The maximum atomic E-state index is 5.83. The lowest BCUT2D eigenvalue weighted by Gasteiger charge is -2.19. The zero-order chi connectivity index (χ0) is 27.5. The first-order valence-electron chi connectivity index (χ1n) is 12.7. The van der Waals surface area contributed by atoms with E-state index in [1.165, 1.54) is 44.2 Å². The largest absolute Gasteiger partial charge is 0.399 e. The third kappa shape index (κ3) is 8.84. The van der Waals surface area contributed by atoms with E-state index in [1.807, 2.05) is 74.5 Å². The van der Waals surface area contributed by atoms with Crippen LogP contribution in [-0.4, -0.2) is 0 Å². The van der Waals surface area contributed by atoms with Crippen LogP contribution in [0.3, 0.4) is 0 Å². The molecule has 0 aliphatic heterocycles. The first-order chi connectivity index (χ1) is 18.2. The predicted octanol–water partition coefficient (Wildman–Crippen LogP) is 7.22. The van der Waals surface area contributed by atoms with Crippen LogP contribution in [0.1, 0.15) is 22.3 Å². The minimum atomic E-state index is 0.788. The van der Waals surface area contributed by atoms with Crippen LogP contribution in [-0.2, 0) is 0 Å². The molecule has 0 amide bonds. The molecule has 4 nitrogen and oxygen atoms in total. The van der Waals surface area contributed by atoms with Gasteiger partial charge in [0.15, 0.2) is 0 Å². The first kappa shape index (κ1) is 28.0. The van der Waals surface area contributed by atoms with Gasteiger partial charge in [-0.2, -0.15) is 0 Å². The zero-order valence-electron chi connectivity index (χ0n) is 22.8. The Labute approximate surface area is 227 Å². The molecule has 0 fully saturated rings. The summed E-state index contributed by atoms with van der Waals surface area (Å²) < 4.78 is 0. The van der Waals surface area contributed by atoms with Crippen molar-refractivity contribution in [1.29, 1.82) is 0 Å². The molecule has 0 aromatic heterocycles. The van der Waals surface area contributed by atoms with Crippen LogP contribution in [0.4, 0.5) is 34.1 Å². The highest BCUT2D eigenvalue weighted by molar-refractivity contribution is 5.51. The lowest BCUT2D eigenvalue weighted by molar-refractivity contribution is -0.681. The molecule has 0 saturated heterocycles. The van der Waals surface area contributed by atoms with Gasteiger partial charge in [-0.25, -0.2) is 4.90 Å². The molecule has 7 N–H and O–H groups in total. The fourth-order valence-corrected chi connectivity index (χ4v) is 3.72. The Kier molecular flexibility index (Phi) is 10.1. The summed E-state index contributed by atoms with van der Waals surface area (Å²) in [6, 6.07) is 41.0. The molecule has 194 valence electrons. The van der Waals surface area contributed by atoms with Crippen molar-refractivity contribution in [2.24, 2.45) is 0 Å². The van der Waals surface area contributed by atoms with Gasteiger partial charge >= 0.3 is 0 Å². The van der Waals surface area contributed by atoms with Crippen molar-refractivity contribution in [1.82, 2.24) is 0 Å². The van der Waals surface area contributed by atoms with Crippen molar-refractivity contribution >= 4 is 34.1 Å². The van der Waals surface area contributed by atoms with Gasteiger partial charge in [-0.3, -0.25) is 0 Å². The molecule has 0 aliphatic carbocycles. The third-order valence-corrected chi connectivity index (χ3v) is 6.03. The molecular weight excluding hydrogens is 464 g/mol. The Balaban J connectivity index is 0.000000203. The van der Waals surface area contributed by atoms with Gasteiger partial charge in [0.25, 0.3) is 0 Å². The van der Waals surface area contributed by atoms with Crippen molar-refractivity contribution in [3.05, 3.63) is 144 Å². The zero-order valence-corrected chi connectivity index (χ0v) is 22.8. The number of anilines is 3. The molecule has 0 unspecified atom stereocenters. The van der Waals surface area contributed by atoms with Gasteiger partial charge in [0.2, 0.25) is 0 Å². The Hall–Kier alpha value is -4.54. The van der Waals surface area contributed by atoms with E-state index in [4.69, 9.17) is 17.2 Å². The highest BCUT2D eigenvalue weighted by Crippen LogP contribution is 2.17. The van der Waals surface area contributed by atoms with E-state index in [-0.39, 0.29) is 0 Å². The molecule has 0 radical (unpaired) electrons. The number of rotatable bonds is 3. The molecular formula is C34H39N4+. The van der Waals surface area contributed by atoms with Crippen molar-refractivity contribution in [2.45, 2.75) is 27.7 Å². The smallest absolute Gasteiger partial charge is 0.141 e. The summed E-state index contributed by atoms with van der Waals surface area (Å²) in [5, 5.41) is 0. The summed E-state index contributed by atoms with van der Waals surface area (Å²) in [5.74, 6) is 0. The van der Waals surface area contributed by atoms with Gasteiger partial charge in [0, 0.05) is 53.5 Å². The minimum absolute atomic E-state index is 0.788. The Morgan fingerprint density at radius 2 is 0.500 bits per heavy atom. The van der Waals surface area contributed by atoms with E-state index < -0.39 is 0 Å². The van der Waals surface area contributed by atoms with E-state index in [0.29, 0.717) is 0 Å². The molecule has 0 heterocycles. The Morgan fingerprint density at radius 3 is 0.737 bits per heavy atom. The van der Waals surface area contributed by atoms with E-state index in [1.54, 1.807) is 0 Å². The third-order valence-electron chi connectivity index (χ3n) is 6.03. The molecule has 5 aromatic carbocycles. The second kappa shape index (κ2) is 13.7. The van der Waals surface area contributed by atoms with E-state index in [2.05, 4.69) is 74.5 Å². The number of quaternary nitrogens is 1. The fourth-order valence-electron chi connectivity index (χ4n) is 3.72. The van der Waals surface area contributed by atoms with E-state index >= 15 is 0 Å². The van der Waals surface area contributed by atoms with Crippen LogP contribution in [0, 0.1) is 27.7 Å². The maximum Gasteiger partial charge on any atom is 0.141 e. The second-order valence-corrected chi connectivity index (χ2v) is 9.55. The SMILES string of the molecule is Cc1ccc(N)cc1.Cc1ccc(N)cc1.Cc1ccc([NH+](c2ccc(C)cc2)c2ccc(N)cc2)cc1. The molecule has 0 spiro atoms. The summed E-state index contributed by atoms with van der Waals surface area (Å²) in [5.41, 5.74) is 27.8. The molecule has 0 atom stereocenters. The van der Waals surface area contributed by atoms with Crippen LogP contribution in [0.5, 0.6) is 0 Å². The highest BCUT2D eigenvalue weighted by atomic mass is 15.1. The molecule has 5 rings (SSSR count). The fraction of sp³-hybridized carbons (Fsp3) is 0.118. The number of benzene rings is 5. The van der Waals surface area contributed by atoms with Crippen LogP contribution in [0.15, 0.2) is 121 Å². The molecule has 0 bridgehead atoms. The molecule has 5 aromatic rings. The summed E-state index contributed by atoms with van der Waals surface area (Å²) in [4.78, 5) is 1.24. The van der Waals surface area contributed by atoms with Crippen molar-refractivity contribution < 1.29 is 4.90 Å². The number of hydrogen-bond donors (Lipinski definition) is 4. The summed E-state index contributed by atoms with van der Waals surface area (Å²) in [6.07, 6.45) is 0. The van der Waals surface area contributed by atoms with Crippen molar-refractivity contribution in [3.63, 3.8) is 0 Å². The van der Waals surface area contributed by atoms with Gasteiger partial charge < -0.3 is 17.2 Å². The number of nitrogens with one attached hydrogen (secondary N) is 1. The minimum Gasteiger partial charge on any atom is -0.399 e. The van der Waals surface area contributed by atoms with Gasteiger partial charge in [-0.05, 0) is 64.1 Å². The second-order valence-electron chi connectivity index (χ2n) is 9.55. The van der Waals surface area contributed by atoms with Crippen molar-refractivity contribution in [2.75, 3.05) is 17.2 Å². The predicted molar refractivity (Wildman–Crippen MR) is 164 cm³/mol. The van der Waals surface area contributed by atoms with E-state index in [0.717, 1.165) is 17.1 Å². The van der Waals surface area contributed by atoms with Gasteiger partial charge in [0.1, 0.15) is 17.1 Å². The molecule has 4 heteroatoms. The lowest BCUT2D eigenvalue weighted by atomic mass is 10.1. The van der Waals surface area contributed by atoms with Crippen LogP contribution in [0.25, 0.3) is 0 Å². The monoisotopic (exact) mass is 503 g/mol. The number of nitrogens with two attached hydrogens (primary N) is 3. The quantitative estimate of drug-likeness (QED) is 0.196. The Morgan fingerprint density at radius 1 is 0.316 bits per heavy atom. The van der Waals surface area contributed by atoms with Gasteiger partial charge in [-0.15, -0.1) is 0 Å². The molecule has 0 aliphatic rings. The maximum absolute atomic E-state index is 5.83. The summed E-state index contributed by atoms with van der Waals surface area (Å²) in [6.45, 7) is 8.30. The Bertz CT molecular complexity index is 1180. The number of nitrogen functional groups attached to an aromatic ring is 3. The summed E-state index contributed by atoms with van der Waals surface area (Å²) in [7, 11) is 0. The normalized spacial score (nSPS) is 10.1. The van der Waals surface area contributed by atoms with E-state index in [9.17, 15) is 0 Å². The average Bonchev–Trinajstić information content (AvgIpc) is 2.92. The summed E-state index contributed by atoms with van der Waals surface area (Å²) >= 11 is 0. The first-order valence-corrected chi connectivity index (χ1v) is 12.7. The van der Waals surface area contributed by atoms with Crippen LogP contribution < -0.4 is 22.1 Å². The number of aryl methyl sites for hydroxylation is 4. The average molecular weight is 504 g/mol.